The lowest BCUT2D eigenvalue weighted by Crippen LogP contribution is -2.10. The lowest BCUT2D eigenvalue weighted by Gasteiger charge is -2.05. The fraction of sp³-hybridized carbons (Fsp3) is 0.0714. The first-order valence-electron chi connectivity index (χ1n) is 10.5. The topological polar surface area (TPSA) is 40.5 Å². The fourth-order valence-corrected chi connectivity index (χ4v) is 4.26. The van der Waals surface area contributed by atoms with E-state index in [2.05, 4.69) is 84.8 Å². The maximum Gasteiger partial charge on any atom is 0.0659 e. The molecule has 1 N–H and O–H groups in total. The first kappa shape index (κ1) is 17.8. The molecule has 0 fully saturated rings. The Balaban J connectivity index is 1.54. The molecule has 1 aromatic carbocycles. The van der Waals surface area contributed by atoms with Crippen LogP contribution in [0.15, 0.2) is 111 Å². The molecule has 0 atom stereocenters. The number of aliphatic imine (C=N–C) groups is 2. The number of hydrogen-bond donors (Lipinski definition) is 1. The van der Waals surface area contributed by atoms with Gasteiger partial charge in [-0.3, -0.25) is 0 Å². The van der Waals surface area contributed by atoms with Crippen molar-refractivity contribution in [3.63, 3.8) is 0 Å². The van der Waals surface area contributed by atoms with Crippen LogP contribution >= 0.6 is 0 Å². The molecular weight excluding hydrogens is 378 g/mol. The maximum atomic E-state index is 4.81. The summed E-state index contributed by atoms with van der Waals surface area (Å²) >= 11 is 0. The van der Waals surface area contributed by atoms with Crippen LogP contribution in [-0.2, 0) is 0 Å². The molecule has 8 bridgehead atoms. The molecule has 0 radical (unpaired) electrons. The molecule has 148 valence electrons. The maximum absolute atomic E-state index is 4.81. The number of benzene rings is 1. The van der Waals surface area contributed by atoms with Crippen molar-refractivity contribution in [2.75, 3.05) is 0 Å². The van der Waals surface area contributed by atoms with Gasteiger partial charge in [0, 0.05) is 10.7 Å². The highest BCUT2D eigenvalue weighted by Gasteiger charge is 2.16. The van der Waals surface area contributed by atoms with Crippen molar-refractivity contribution in [3.8, 4) is 0 Å². The summed E-state index contributed by atoms with van der Waals surface area (Å²) in [5, 5.41) is 2.15. The number of hydrogen-bond acceptors (Lipinski definition) is 2. The minimum Gasteiger partial charge on any atom is -0.355 e. The average molecular weight is 399 g/mol. The Morgan fingerprint density at radius 3 is 2.13 bits per heavy atom. The monoisotopic (exact) mass is 399 g/mol. The SMILES string of the molecule is Cc1ccc(C2=C3C=C4C=CC(=N4)C=C4C=CC(=N4)C=c4ccc([nH]4)=CC(=C2)C3)cc1. The summed E-state index contributed by atoms with van der Waals surface area (Å²) in [6.07, 6.45) is 19.9. The lowest BCUT2D eigenvalue weighted by molar-refractivity contribution is 1.23. The van der Waals surface area contributed by atoms with E-state index < -0.39 is 0 Å². The number of aromatic nitrogens is 1. The van der Waals surface area contributed by atoms with Gasteiger partial charge in [-0.15, -0.1) is 0 Å². The molecule has 0 saturated carbocycles. The minimum atomic E-state index is 0.888. The second-order valence-electron chi connectivity index (χ2n) is 8.24. The second-order valence-corrected chi connectivity index (χ2v) is 8.24. The first-order chi connectivity index (χ1) is 15.2. The number of nitrogens with one attached hydrogen (secondary N) is 1. The van der Waals surface area contributed by atoms with E-state index >= 15 is 0 Å². The lowest BCUT2D eigenvalue weighted by atomic mass is 10.0. The third-order valence-electron chi connectivity index (χ3n) is 5.79. The highest BCUT2D eigenvalue weighted by Crippen LogP contribution is 2.35. The molecular formula is C28H21N3. The van der Waals surface area contributed by atoms with Gasteiger partial charge in [-0.25, -0.2) is 9.98 Å². The Hall–Kier alpha value is -3.98. The van der Waals surface area contributed by atoms with E-state index in [4.69, 9.17) is 9.98 Å². The van der Waals surface area contributed by atoms with E-state index in [9.17, 15) is 0 Å². The van der Waals surface area contributed by atoms with Gasteiger partial charge in [0.25, 0.3) is 0 Å². The molecule has 0 saturated heterocycles. The number of H-pyrrole nitrogens is 1. The molecule has 0 unspecified atom stereocenters. The number of fused-ring (bicyclic) bond motifs is 6. The van der Waals surface area contributed by atoms with E-state index in [1.54, 1.807) is 0 Å². The summed E-state index contributed by atoms with van der Waals surface area (Å²) in [7, 11) is 0. The molecule has 0 amide bonds. The number of nitrogens with zero attached hydrogens (tertiary/aromatic N) is 2. The van der Waals surface area contributed by atoms with E-state index in [0.717, 1.165) is 39.9 Å². The van der Waals surface area contributed by atoms with Crippen molar-refractivity contribution in [3.05, 3.63) is 123 Å². The van der Waals surface area contributed by atoms with Crippen molar-refractivity contribution < 1.29 is 0 Å². The molecule has 4 aliphatic rings. The number of aromatic amines is 1. The van der Waals surface area contributed by atoms with Crippen LogP contribution in [0.5, 0.6) is 0 Å². The van der Waals surface area contributed by atoms with E-state index in [-0.39, 0.29) is 0 Å². The Kier molecular flexibility index (Phi) is 4.07. The van der Waals surface area contributed by atoms with Crippen molar-refractivity contribution in [1.29, 1.82) is 0 Å². The molecule has 3 heteroatoms. The van der Waals surface area contributed by atoms with Crippen molar-refractivity contribution >= 4 is 29.1 Å². The number of allylic oxidation sites excluding steroid dienone is 10. The van der Waals surface area contributed by atoms with Crippen LogP contribution in [0.2, 0.25) is 0 Å². The molecule has 3 aliphatic heterocycles. The predicted octanol–water partition coefficient (Wildman–Crippen LogP) is 4.47. The molecule has 4 heterocycles. The summed E-state index contributed by atoms with van der Waals surface area (Å²) in [6, 6.07) is 13.0. The van der Waals surface area contributed by atoms with Crippen LogP contribution in [0.3, 0.4) is 0 Å². The molecule has 1 aliphatic carbocycles. The average Bonchev–Trinajstić information content (AvgIpc) is 3.54. The smallest absolute Gasteiger partial charge is 0.0659 e. The van der Waals surface area contributed by atoms with Gasteiger partial charge in [0.2, 0.25) is 0 Å². The zero-order valence-electron chi connectivity index (χ0n) is 17.3. The standard InChI is InChI=1S/C28H21N3/c1-18-2-4-20(5-3-18)28-14-19-12-21(28)15-23-7-9-25(30-23)17-27-11-10-26(31-27)16-24-8-6-22(13-19)29-24/h2-11,13-17,29H,12H2,1H3. The van der Waals surface area contributed by atoms with Crippen molar-refractivity contribution in [2.45, 2.75) is 13.3 Å². The van der Waals surface area contributed by atoms with Crippen LogP contribution in [0.1, 0.15) is 17.5 Å². The van der Waals surface area contributed by atoms with Gasteiger partial charge in [0.15, 0.2) is 0 Å². The van der Waals surface area contributed by atoms with E-state index in [1.807, 2.05) is 18.2 Å². The highest BCUT2D eigenvalue weighted by molar-refractivity contribution is 6.19. The summed E-state index contributed by atoms with van der Waals surface area (Å²) in [4.78, 5) is 13.0. The summed E-state index contributed by atoms with van der Waals surface area (Å²) in [5.74, 6) is 0. The third-order valence-corrected chi connectivity index (χ3v) is 5.79. The Bertz CT molecular complexity index is 1470. The summed E-state index contributed by atoms with van der Waals surface area (Å²) in [5.41, 5.74) is 10.1. The van der Waals surface area contributed by atoms with Gasteiger partial charge in [0.1, 0.15) is 0 Å². The van der Waals surface area contributed by atoms with Crippen LogP contribution in [0, 0.1) is 6.92 Å². The number of aryl methyl sites for hydroxylation is 1. The fourth-order valence-electron chi connectivity index (χ4n) is 4.26. The minimum absolute atomic E-state index is 0.888. The van der Waals surface area contributed by atoms with Crippen LogP contribution in [0.25, 0.3) is 17.7 Å². The summed E-state index contributed by atoms with van der Waals surface area (Å²) < 4.78 is 0. The van der Waals surface area contributed by atoms with Gasteiger partial charge < -0.3 is 4.98 Å². The third kappa shape index (κ3) is 3.55. The normalized spacial score (nSPS) is 18.8. The number of rotatable bonds is 1. The van der Waals surface area contributed by atoms with Gasteiger partial charge in [-0.1, -0.05) is 35.9 Å². The largest absolute Gasteiger partial charge is 0.355 e. The Morgan fingerprint density at radius 1 is 0.677 bits per heavy atom. The van der Waals surface area contributed by atoms with Gasteiger partial charge >= 0.3 is 0 Å². The molecule has 3 nitrogen and oxygen atoms in total. The van der Waals surface area contributed by atoms with E-state index in [1.165, 1.54) is 27.8 Å². The van der Waals surface area contributed by atoms with Crippen molar-refractivity contribution in [2.24, 2.45) is 9.98 Å². The van der Waals surface area contributed by atoms with Crippen LogP contribution in [0.4, 0.5) is 0 Å². The van der Waals surface area contributed by atoms with Crippen molar-refractivity contribution in [1.82, 2.24) is 4.98 Å². The molecule has 1 aromatic heterocycles. The van der Waals surface area contributed by atoms with E-state index in [0.29, 0.717) is 0 Å². The zero-order chi connectivity index (χ0) is 20.8. The van der Waals surface area contributed by atoms with Gasteiger partial charge in [-0.2, -0.15) is 0 Å². The molecule has 0 spiro atoms. The Morgan fingerprint density at radius 2 is 1.35 bits per heavy atom. The predicted molar refractivity (Wildman–Crippen MR) is 129 cm³/mol. The van der Waals surface area contributed by atoms with Crippen LogP contribution < -0.4 is 10.7 Å². The first-order valence-corrected chi connectivity index (χ1v) is 10.5. The Labute approximate surface area is 181 Å². The van der Waals surface area contributed by atoms with Gasteiger partial charge in [-0.05, 0) is 96.4 Å². The molecule has 2 aromatic rings. The van der Waals surface area contributed by atoms with Crippen LogP contribution in [-0.4, -0.2) is 16.4 Å². The summed E-state index contributed by atoms with van der Waals surface area (Å²) in [6.45, 7) is 2.12. The zero-order valence-corrected chi connectivity index (χ0v) is 17.3. The molecule has 31 heavy (non-hydrogen) atoms. The molecule has 6 rings (SSSR count). The quantitative estimate of drug-likeness (QED) is 0.735. The van der Waals surface area contributed by atoms with Gasteiger partial charge in [0.05, 0.1) is 22.8 Å². The highest BCUT2D eigenvalue weighted by atomic mass is 14.8. The second kappa shape index (κ2) is 7.06.